The number of hydrogen-bond acceptors (Lipinski definition) is 2. The molecule has 1 aliphatic carbocycles. The Balaban J connectivity index is 2.00. The first-order valence-corrected chi connectivity index (χ1v) is 6.53. The van der Waals surface area contributed by atoms with Gasteiger partial charge in [-0.15, -0.1) is 0 Å². The van der Waals surface area contributed by atoms with Gasteiger partial charge in [0.1, 0.15) is 5.78 Å². The number of carbonyl (C=O) groups is 1. The highest BCUT2D eigenvalue weighted by Crippen LogP contribution is 2.31. The van der Waals surface area contributed by atoms with Gasteiger partial charge in [-0.1, -0.05) is 19.3 Å². The predicted molar refractivity (Wildman–Crippen MR) is 61.9 cm³/mol. The summed E-state index contributed by atoms with van der Waals surface area (Å²) in [4.78, 5) is 14.2. The van der Waals surface area contributed by atoms with Crippen molar-refractivity contribution in [3.8, 4) is 0 Å². The lowest BCUT2D eigenvalue weighted by atomic mass is 9.92. The lowest BCUT2D eigenvalue weighted by Gasteiger charge is -2.36. The van der Waals surface area contributed by atoms with E-state index < -0.39 is 0 Å². The highest BCUT2D eigenvalue weighted by atomic mass is 16.1. The van der Waals surface area contributed by atoms with Crippen molar-refractivity contribution in [3.05, 3.63) is 0 Å². The quantitative estimate of drug-likeness (QED) is 0.712. The lowest BCUT2D eigenvalue weighted by Crippen LogP contribution is -2.47. The van der Waals surface area contributed by atoms with Crippen molar-refractivity contribution in [1.29, 1.82) is 0 Å². The Kier molecular flexibility index (Phi) is 3.79. The smallest absolute Gasteiger partial charge is 0.147 e. The number of Topliss-reactive ketones (excluding diaryl/α,β-unsaturated/α-hetero) is 1. The number of likely N-dealkylation sites (tertiary alicyclic amines) is 1. The highest BCUT2D eigenvalue weighted by Gasteiger charge is 2.33. The fraction of sp³-hybridized carbons (Fsp3) is 0.923. The van der Waals surface area contributed by atoms with E-state index in [1.807, 2.05) is 0 Å². The van der Waals surface area contributed by atoms with E-state index >= 15 is 0 Å². The van der Waals surface area contributed by atoms with Crippen LogP contribution in [0.3, 0.4) is 0 Å². The molecule has 1 atom stereocenters. The first kappa shape index (κ1) is 11.1. The first-order valence-electron chi connectivity index (χ1n) is 6.53. The molecule has 15 heavy (non-hydrogen) atoms. The second kappa shape index (κ2) is 5.11. The minimum atomic E-state index is 0.257. The monoisotopic (exact) mass is 209 g/mol. The van der Waals surface area contributed by atoms with Gasteiger partial charge in [-0.05, 0) is 51.6 Å². The molecule has 1 aliphatic heterocycles. The van der Waals surface area contributed by atoms with Gasteiger partial charge in [0.25, 0.3) is 0 Å². The van der Waals surface area contributed by atoms with Crippen LogP contribution < -0.4 is 0 Å². The maximum absolute atomic E-state index is 11.8. The summed E-state index contributed by atoms with van der Waals surface area (Å²) in [7, 11) is 0. The summed E-state index contributed by atoms with van der Waals surface area (Å²) < 4.78 is 0. The van der Waals surface area contributed by atoms with E-state index in [0.29, 0.717) is 11.7 Å². The predicted octanol–water partition coefficient (Wildman–Crippen LogP) is 2.62. The molecule has 0 spiro atoms. The van der Waals surface area contributed by atoms with Gasteiger partial charge in [-0.2, -0.15) is 0 Å². The van der Waals surface area contributed by atoms with Crippen LogP contribution in [-0.2, 0) is 4.79 Å². The van der Waals surface area contributed by atoms with Gasteiger partial charge in [0.05, 0.1) is 6.04 Å². The van der Waals surface area contributed by atoms with Gasteiger partial charge in [-0.3, -0.25) is 9.69 Å². The average molecular weight is 209 g/mol. The van der Waals surface area contributed by atoms with Crippen molar-refractivity contribution in [2.24, 2.45) is 5.92 Å². The van der Waals surface area contributed by atoms with E-state index in [9.17, 15) is 4.79 Å². The number of rotatable bonds is 3. The zero-order chi connectivity index (χ0) is 10.7. The lowest BCUT2D eigenvalue weighted by molar-refractivity contribution is -0.124. The Bertz CT molecular complexity index is 215. The molecule has 0 aromatic heterocycles. The molecule has 2 fully saturated rings. The Morgan fingerprint density at radius 1 is 1.07 bits per heavy atom. The Morgan fingerprint density at radius 3 is 2.20 bits per heavy atom. The molecule has 2 nitrogen and oxygen atoms in total. The fourth-order valence-electron chi connectivity index (χ4n) is 3.36. The van der Waals surface area contributed by atoms with Crippen LogP contribution >= 0.6 is 0 Å². The van der Waals surface area contributed by atoms with Gasteiger partial charge in [-0.25, -0.2) is 0 Å². The van der Waals surface area contributed by atoms with Gasteiger partial charge < -0.3 is 0 Å². The molecule has 2 aliphatic rings. The minimum Gasteiger partial charge on any atom is -0.298 e. The van der Waals surface area contributed by atoms with E-state index in [1.165, 1.54) is 44.9 Å². The Hall–Kier alpha value is -0.370. The number of ketones is 1. The molecule has 0 aromatic rings. The van der Waals surface area contributed by atoms with Crippen molar-refractivity contribution in [2.75, 3.05) is 13.1 Å². The van der Waals surface area contributed by atoms with Crippen molar-refractivity contribution in [1.82, 2.24) is 4.90 Å². The molecular weight excluding hydrogens is 186 g/mol. The molecule has 2 heteroatoms. The third-order valence-electron chi connectivity index (χ3n) is 4.05. The summed E-state index contributed by atoms with van der Waals surface area (Å²) >= 11 is 0. The standard InChI is InChI=1S/C13H23NO/c1-11(15)13(12-7-3-4-8-12)14-9-5-2-6-10-14/h12-13H,2-10H2,1H3. The van der Waals surface area contributed by atoms with E-state index in [0.717, 1.165) is 13.1 Å². The summed E-state index contributed by atoms with van der Waals surface area (Å²) in [5.41, 5.74) is 0. The van der Waals surface area contributed by atoms with Crippen molar-refractivity contribution >= 4 is 5.78 Å². The van der Waals surface area contributed by atoms with Crippen molar-refractivity contribution in [2.45, 2.75) is 57.9 Å². The highest BCUT2D eigenvalue weighted by molar-refractivity contribution is 5.81. The Morgan fingerprint density at radius 2 is 1.67 bits per heavy atom. The topological polar surface area (TPSA) is 20.3 Å². The normalized spacial score (nSPS) is 26.7. The average Bonchev–Trinajstić information content (AvgIpc) is 2.72. The van der Waals surface area contributed by atoms with Crippen LogP contribution in [0, 0.1) is 5.92 Å². The second-order valence-electron chi connectivity index (χ2n) is 5.20. The van der Waals surface area contributed by atoms with Crippen LogP contribution in [0.15, 0.2) is 0 Å². The molecule has 1 saturated heterocycles. The van der Waals surface area contributed by atoms with Crippen LogP contribution in [0.25, 0.3) is 0 Å². The zero-order valence-electron chi connectivity index (χ0n) is 9.87. The van der Waals surface area contributed by atoms with E-state index in [1.54, 1.807) is 6.92 Å². The summed E-state index contributed by atoms with van der Waals surface area (Å²) in [5.74, 6) is 1.07. The van der Waals surface area contributed by atoms with Gasteiger partial charge in [0.2, 0.25) is 0 Å². The molecule has 1 saturated carbocycles. The molecule has 0 N–H and O–H groups in total. The summed E-state index contributed by atoms with van der Waals surface area (Å²) in [5, 5.41) is 0. The molecule has 1 unspecified atom stereocenters. The number of nitrogens with zero attached hydrogens (tertiary/aromatic N) is 1. The third kappa shape index (κ3) is 2.60. The molecule has 0 radical (unpaired) electrons. The zero-order valence-corrected chi connectivity index (χ0v) is 9.87. The summed E-state index contributed by atoms with van der Waals surface area (Å²) in [6.45, 7) is 4.10. The first-order chi connectivity index (χ1) is 7.29. The molecule has 1 heterocycles. The summed E-state index contributed by atoms with van der Waals surface area (Å²) in [6.07, 6.45) is 9.16. The molecule has 0 aromatic carbocycles. The van der Waals surface area contributed by atoms with Crippen molar-refractivity contribution in [3.63, 3.8) is 0 Å². The summed E-state index contributed by atoms with van der Waals surface area (Å²) in [6, 6.07) is 0.257. The minimum absolute atomic E-state index is 0.257. The maximum Gasteiger partial charge on any atom is 0.147 e. The van der Waals surface area contributed by atoms with Crippen LogP contribution in [0.2, 0.25) is 0 Å². The van der Waals surface area contributed by atoms with Crippen LogP contribution in [0.4, 0.5) is 0 Å². The second-order valence-corrected chi connectivity index (χ2v) is 5.20. The molecule has 0 bridgehead atoms. The largest absolute Gasteiger partial charge is 0.298 e. The van der Waals surface area contributed by atoms with Crippen LogP contribution in [-0.4, -0.2) is 29.8 Å². The molecule has 2 rings (SSSR count). The SMILES string of the molecule is CC(=O)C(C1CCCC1)N1CCCCC1. The van der Waals surface area contributed by atoms with Gasteiger partial charge >= 0.3 is 0 Å². The van der Waals surface area contributed by atoms with Crippen molar-refractivity contribution < 1.29 is 4.79 Å². The van der Waals surface area contributed by atoms with E-state index in [2.05, 4.69) is 4.90 Å². The third-order valence-corrected chi connectivity index (χ3v) is 4.05. The van der Waals surface area contributed by atoms with E-state index in [4.69, 9.17) is 0 Å². The number of hydrogen-bond donors (Lipinski definition) is 0. The maximum atomic E-state index is 11.8. The van der Waals surface area contributed by atoms with Gasteiger partial charge in [0, 0.05) is 0 Å². The molecular formula is C13H23NO. The number of carbonyl (C=O) groups excluding carboxylic acids is 1. The van der Waals surface area contributed by atoms with Gasteiger partial charge in [0.15, 0.2) is 0 Å². The van der Waals surface area contributed by atoms with E-state index in [-0.39, 0.29) is 6.04 Å². The fourth-order valence-corrected chi connectivity index (χ4v) is 3.36. The van der Waals surface area contributed by atoms with Crippen LogP contribution in [0.1, 0.15) is 51.9 Å². The molecule has 0 amide bonds. The molecule has 86 valence electrons. The Labute approximate surface area is 93.0 Å². The van der Waals surface area contributed by atoms with Crippen LogP contribution in [0.5, 0.6) is 0 Å². The number of piperidine rings is 1.